The fraction of sp³-hybridized carbons (Fsp3) is 0.812. The summed E-state index contributed by atoms with van der Waals surface area (Å²) in [5.41, 5.74) is -0.720. The highest BCUT2D eigenvalue weighted by Crippen LogP contribution is 2.35. The first-order valence-electron chi connectivity index (χ1n) is 8.75. The Labute approximate surface area is 136 Å². The van der Waals surface area contributed by atoms with Crippen LogP contribution in [0.15, 0.2) is 0 Å². The molecular formula is C16H24N4O3. The van der Waals surface area contributed by atoms with E-state index in [0.29, 0.717) is 25.9 Å². The first kappa shape index (κ1) is 14.9. The summed E-state index contributed by atoms with van der Waals surface area (Å²) >= 11 is 0. The predicted octanol–water partition coefficient (Wildman–Crippen LogP) is 0.158. The Morgan fingerprint density at radius 2 is 1.74 bits per heavy atom. The molecule has 7 nitrogen and oxygen atoms in total. The van der Waals surface area contributed by atoms with Gasteiger partial charge in [0.1, 0.15) is 12.1 Å². The average molecular weight is 320 g/mol. The van der Waals surface area contributed by atoms with Gasteiger partial charge in [0.2, 0.25) is 5.91 Å². The lowest BCUT2D eigenvalue weighted by Gasteiger charge is -2.35. The van der Waals surface area contributed by atoms with E-state index >= 15 is 0 Å². The summed E-state index contributed by atoms with van der Waals surface area (Å²) in [5, 5.41) is 2.83. The zero-order valence-electron chi connectivity index (χ0n) is 13.4. The van der Waals surface area contributed by atoms with Crippen molar-refractivity contribution in [2.24, 2.45) is 0 Å². The number of nitrogens with zero attached hydrogens (tertiary/aromatic N) is 3. The fourth-order valence-electron chi connectivity index (χ4n) is 4.15. The van der Waals surface area contributed by atoms with Gasteiger partial charge in [0.15, 0.2) is 0 Å². The van der Waals surface area contributed by atoms with Gasteiger partial charge < -0.3 is 10.2 Å². The number of imide groups is 1. The van der Waals surface area contributed by atoms with Gasteiger partial charge in [0.05, 0.1) is 0 Å². The molecule has 0 unspecified atom stereocenters. The molecule has 7 heteroatoms. The minimum absolute atomic E-state index is 0.112. The van der Waals surface area contributed by atoms with E-state index in [-0.39, 0.29) is 18.4 Å². The molecule has 4 amide bonds. The van der Waals surface area contributed by atoms with Gasteiger partial charge in [0.25, 0.3) is 5.91 Å². The number of rotatable bonds is 3. The molecule has 2 saturated carbocycles. The van der Waals surface area contributed by atoms with Gasteiger partial charge in [-0.25, -0.2) is 4.79 Å². The first-order valence-corrected chi connectivity index (χ1v) is 8.75. The molecule has 4 fully saturated rings. The third kappa shape index (κ3) is 2.60. The van der Waals surface area contributed by atoms with E-state index < -0.39 is 11.6 Å². The number of hydrogen-bond acceptors (Lipinski definition) is 4. The molecule has 0 radical (unpaired) electrons. The summed E-state index contributed by atoms with van der Waals surface area (Å²) in [4.78, 5) is 42.5. The lowest BCUT2D eigenvalue weighted by Crippen LogP contribution is -2.52. The van der Waals surface area contributed by atoms with Crippen molar-refractivity contribution in [2.75, 3.05) is 32.7 Å². The largest absolute Gasteiger partial charge is 0.339 e. The Kier molecular flexibility index (Phi) is 3.55. The fourth-order valence-corrected chi connectivity index (χ4v) is 4.15. The Morgan fingerprint density at radius 1 is 1.09 bits per heavy atom. The molecule has 0 bridgehead atoms. The lowest BCUT2D eigenvalue weighted by molar-refractivity contribution is -0.140. The highest BCUT2D eigenvalue weighted by molar-refractivity contribution is 6.09. The van der Waals surface area contributed by atoms with Crippen LogP contribution in [0.4, 0.5) is 4.79 Å². The van der Waals surface area contributed by atoms with Crippen LogP contribution in [-0.2, 0) is 9.59 Å². The van der Waals surface area contributed by atoms with Gasteiger partial charge in [-0.2, -0.15) is 0 Å². The Hall–Kier alpha value is -1.63. The van der Waals surface area contributed by atoms with Crippen LogP contribution in [-0.4, -0.2) is 76.8 Å². The monoisotopic (exact) mass is 320 g/mol. The molecule has 0 aromatic rings. The number of carbonyl (C=O) groups excluding carboxylic acids is 3. The normalized spacial score (nSPS) is 27.8. The first-order chi connectivity index (χ1) is 11.1. The number of nitrogens with one attached hydrogen (secondary N) is 1. The number of carbonyl (C=O) groups is 3. The second-order valence-corrected chi connectivity index (χ2v) is 7.26. The van der Waals surface area contributed by atoms with Gasteiger partial charge in [-0.1, -0.05) is 12.8 Å². The maximum absolute atomic E-state index is 12.6. The van der Waals surface area contributed by atoms with Crippen molar-refractivity contribution in [1.29, 1.82) is 0 Å². The van der Waals surface area contributed by atoms with E-state index in [2.05, 4.69) is 10.2 Å². The smallest absolute Gasteiger partial charge is 0.325 e. The predicted molar refractivity (Wildman–Crippen MR) is 82.6 cm³/mol. The van der Waals surface area contributed by atoms with Gasteiger partial charge in [-0.15, -0.1) is 0 Å². The lowest BCUT2D eigenvalue weighted by atomic mass is 9.98. The van der Waals surface area contributed by atoms with Gasteiger partial charge in [-0.3, -0.25) is 19.4 Å². The topological polar surface area (TPSA) is 73.0 Å². The maximum atomic E-state index is 12.6. The molecule has 23 heavy (non-hydrogen) atoms. The Morgan fingerprint density at radius 3 is 2.35 bits per heavy atom. The minimum Gasteiger partial charge on any atom is -0.339 e. The van der Waals surface area contributed by atoms with Crippen LogP contribution in [0.5, 0.6) is 0 Å². The van der Waals surface area contributed by atoms with E-state index in [1.54, 1.807) is 4.90 Å². The highest BCUT2D eigenvalue weighted by Gasteiger charge is 2.52. The Balaban J connectivity index is 1.35. The molecule has 126 valence electrons. The minimum atomic E-state index is -0.720. The summed E-state index contributed by atoms with van der Waals surface area (Å²) in [6, 6.07) is 0.322. The average Bonchev–Trinajstić information content (AvgIpc) is 3.26. The third-order valence-electron chi connectivity index (χ3n) is 5.73. The number of amides is 4. The van der Waals surface area contributed by atoms with E-state index in [9.17, 15) is 14.4 Å². The van der Waals surface area contributed by atoms with E-state index in [0.717, 1.165) is 36.9 Å². The van der Waals surface area contributed by atoms with Crippen molar-refractivity contribution in [2.45, 2.75) is 50.1 Å². The van der Waals surface area contributed by atoms with E-state index in [1.165, 1.54) is 12.8 Å². The van der Waals surface area contributed by atoms with Crippen molar-refractivity contribution in [3.05, 3.63) is 0 Å². The van der Waals surface area contributed by atoms with Crippen molar-refractivity contribution < 1.29 is 14.4 Å². The molecule has 2 aliphatic heterocycles. The number of piperazine rings is 1. The summed E-state index contributed by atoms with van der Waals surface area (Å²) < 4.78 is 0. The highest BCUT2D eigenvalue weighted by atomic mass is 16.2. The van der Waals surface area contributed by atoms with Crippen molar-refractivity contribution >= 4 is 17.8 Å². The molecule has 1 spiro atoms. The van der Waals surface area contributed by atoms with Crippen LogP contribution in [0, 0.1) is 0 Å². The zero-order valence-corrected chi connectivity index (χ0v) is 13.4. The number of urea groups is 1. The third-order valence-corrected chi connectivity index (χ3v) is 5.73. The second kappa shape index (κ2) is 5.47. The van der Waals surface area contributed by atoms with Crippen LogP contribution < -0.4 is 5.32 Å². The Bertz CT molecular complexity index is 531. The maximum Gasteiger partial charge on any atom is 0.325 e. The summed E-state index contributed by atoms with van der Waals surface area (Å²) in [6.45, 7) is 3.09. The number of hydrogen-bond donors (Lipinski definition) is 1. The summed E-state index contributed by atoms with van der Waals surface area (Å²) in [6.07, 6.45) is 5.86. The molecule has 0 aromatic heterocycles. The summed E-state index contributed by atoms with van der Waals surface area (Å²) in [5.74, 6) is -0.316. The molecule has 0 atom stereocenters. The van der Waals surface area contributed by atoms with Gasteiger partial charge in [0, 0.05) is 32.2 Å². The van der Waals surface area contributed by atoms with Crippen LogP contribution in [0.3, 0.4) is 0 Å². The van der Waals surface area contributed by atoms with E-state index in [1.807, 2.05) is 0 Å². The van der Waals surface area contributed by atoms with Crippen molar-refractivity contribution in [3.63, 3.8) is 0 Å². The van der Waals surface area contributed by atoms with Crippen LogP contribution in [0.25, 0.3) is 0 Å². The standard InChI is InChI=1S/C16H24N4O3/c21-13(19-9-7-18(8-10-19)12-3-4-12)11-20-14(22)16(17-15(20)23)5-1-2-6-16/h12H,1-11H2,(H,17,23). The van der Waals surface area contributed by atoms with Gasteiger partial charge >= 0.3 is 6.03 Å². The van der Waals surface area contributed by atoms with E-state index in [4.69, 9.17) is 0 Å². The molecule has 2 saturated heterocycles. The molecule has 4 aliphatic rings. The van der Waals surface area contributed by atoms with Gasteiger partial charge in [-0.05, 0) is 25.7 Å². The summed E-state index contributed by atoms with van der Waals surface area (Å²) in [7, 11) is 0. The molecule has 2 aliphatic carbocycles. The van der Waals surface area contributed by atoms with Crippen LogP contribution >= 0.6 is 0 Å². The molecular weight excluding hydrogens is 296 g/mol. The molecule has 2 heterocycles. The second-order valence-electron chi connectivity index (χ2n) is 7.26. The molecule has 1 N–H and O–H groups in total. The van der Waals surface area contributed by atoms with Crippen molar-refractivity contribution in [3.8, 4) is 0 Å². The quantitative estimate of drug-likeness (QED) is 0.752. The SMILES string of the molecule is O=C(CN1C(=O)NC2(CCCC2)C1=O)N1CCN(C2CC2)CC1. The molecule has 4 rings (SSSR count). The van der Waals surface area contributed by atoms with Crippen LogP contribution in [0.1, 0.15) is 38.5 Å². The van der Waals surface area contributed by atoms with Crippen LogP contribution in [0.2, 0.25) is 0 Å². The zero-order chi connectivity index (χ0) is 16.0. The van der Waals surface area contributed by atoms with Crippen molar-refractivity contribution in [1.82, 2.24) is 20.0 Å². The molecule has 0 aromatic carbocycles.